The van der Waals surface area contributed by atoms with Gasteiger partial charge in [-0.15, -0.1) is 0 Å². The number of hydrogen-bond donors (Lipinski definition) is 3. The number of carbonyl (C=O) groups is 2. The highest BCUT2D eigenvalue weighted by atomic mass is 19.1. The van der Waals surface area contributed by atoms with Crippen LogP contribution in [0.1, 0.15) is 40.1 Å². The number of anilines is 1. The standard InChI is InChI=1S/C28H28FN3O4/c1-28(2,16-31-27(34)22-15-30-23-14-19(29)8-11-21(22)23)18-6-9-20(10-7-18)32-26(33)17-5-12-24(35-3)25(13-17)36-4/h5-15,30H,16H2,1-4H3,(H,31,34)(H,32,33). The van der Waals surface area contributed by atoms with Crippen LogP contribution >= 0.6 is 0 Å². The molecule has 4 aromatic rings. The van der Waals surface area contributed by atoms with Gasteiger partial charge in [-0.05, 0) is 54.1 Å². The van der Waals surface area contributed by atoms with Crippen molar-refractivity contribution in [1.29, 1.82) is 0 Å². The number of nitrogens with one attached hydrogen (secondary N) is 3. The first kappa shape index (κ1) is 24.8. The lowest BCUT2D eigenvalue weighted by Crippen LogP contribution is -2.36. The Hall–Kier alpha value is -4.33. The first-order valence-corrected chi connectivity index (χ1v) is 11.4. The number of H-pyrrole nitrogens is 1. The second kappa shape index (κ2) is 10.1. The van der Waals surface area contributed by atoms with Crippen LogP contribution in [0.25, 0.3) is 10.9 Å². The number of rotatable bonds is 8. The molecule has 0 aliphatic rings. The van der Waals surface area contributed by atoms with Crippen LogP contribution in [0.15, 0.2) is 66.9 Å². The van der Waals surface area contributed by atoms with Gasteiger partial charge in [0.1, 0.15) is 5.82 Å². The highest BCUT2D eigenvalue weighted by Crippen LogP contribution is 2.28. The third kappa shape index (κ3) is 5.17. The van der Waals surface area contributed by atoms with Crippen molar-refractivity contribution < 1.29 is 23.5 Å². The van der Waals surface area contributed by atoms with E-state index in [1.165, 1.54) is 26.4 Å². The minimum Gasteiger partial charge on any atom is -0.493 e. The monoisotopic (exact) mass is 489 g/mol. The molecular formula is C28H28FN3O4. The first-order chi connectivity index (χ1) is 17.2. The van der Waals surface area contributed by atoms with Crippen LogP contribution in [-0.2, 0) is 5.41 Å². The topological polar surface area (TPSA) is 92.5 Å². The van der Waals surface area contributed by atoms with E-state index in [1.807, 2.05) is 38.1 Å². The number of benzene rings is 3. The summed E-state index contributed by atoms with van der Waals surface area (Å²) in [7, 11) is 3.06. The van der Waals surface area contributed by atoms with E-state index >= 15 is 0 Å². The summed E-state index contributed by atoms with van der Waals surface area (Å²) in [5, 5.41) is 6.52. The lowest BCUT2D eigenvalue weighted by atomic mass is 9.84. The number of carbonyl (C=O) groups excluding carboxylic acids is 2. The average Bonchev–Trinajstić information content (AvgIpc) is 3.30. The van der Waals surface area contributed by atoms with Crippen molar-refractivity contribution in [2.24, 2.45) is 0 Å². The summed E-state index contributed by atoms with van der Waals surface area (Å²) in [5.41, 5.74) is 2.75. The van der Waals surface area contributed by atoms with E-state index in [2.05, 4.69) is 15.6 Å². The van der Waals surface area contributed by atoms with Crippen LogP contribution < -0.4 is 20.1 Å². The minimum absolute atomic E-state index is 0.236. The fourth-order valence-electron chi connectivity index (χ4n) is 3.97. The van der Waals surface area contributed by atoms with Gasteiger partial charge in [-0.2, -0.15) is 0 Å². The zero-order chi connectivity index (χ0) is 25.9. The van der Waals surface area contributed by atoms with Crippen LogP contribution in [-0.4, -0.2) is 37.6 Å². The highest BCUT2D eigenvalue weighted by molar-refractivity contribution is 6.07. The molecule has 7 nitrogen and oxygen atoms in total. The number of ether oxygens (including phenoxy) is 2. The Morgan fingerprint density at radius 3 is 2.33 bits per heavy atom. The number of amides is 2. The molecule has 0 aliphatic carbocycles. The molecule has 1 heterocycles. The van der Waals surface area contributed by atoms with E-state index < -0.39 is 0 Å². The number of aromatic nitrogens is 1. The van der Waals surface area contributed by atoms with E-state index in [4.69, 9.17) is 9.47 Å². The Morgan fingerprint density at radius 2 is 1.64 bits per heavy atom. The van der Waals surface area contributed by atoms with Crippen LogP contribution in [0.4, 0.5) is 10.1 Å². The largest absolute Gasteiger partial charge is 0.493 e. The van der Waals surface area contributed by atoms with Gasteiger partial charge in [0.15, 0.2) is 11.5 Å². The van der Waals surface area contributed by atoms with Crippen LogP contribution in [0.2, 0.25) is 0 Å². The van der Waals surface area contributed by atoms with Gasteiger partial charge >= 0.3 is 0 Å². The van der Waals surface area contributed by atoms with Gasteiger partial charge in [0.25, 0.3) is 11.8 Å². The number of halogens is 1. The summed E-state index contributed by atoms with van der Waals surface area (Å²) in [6.45, 7) is 4.43. The lowest BCUT2D eigenvalue weighted by molar-refractivity contribution is 0.0946. The summed E-state index contributed by atoms with van der Waals surface area (Å²) in [6.07, 6.45) is 1.59. The SMILES string of the molecule is COc1ccc(C(=O)Nc2ccc(C(C)(C)CNC(=O)c3c[nH]c4cc(F)ccc34)cc2)cc1OC. The van der Waals surface area contributed by atoms with Gasteiger partial charge in [-0.3, -0.25) is 9.59 Å². The van der Waals surface area contributed by atoms with E-state index in [-0.39, 0.29) is 23.0 Å². The zero-order valence-corrected chi connectivity index (χ0v) is 20.6. The predicted octanol–water partition coefficient (Wildman–Crippen LogP) is 5.28. The maximum atomic E-state index is 13.4. The van der Waals surface area contributed by atoms with Gasteiger partial charge in [0, 0.05) is 40.3 Å². The second-order valence-electron chi connectivity index (χ2n) is 9.06. The quantitative estimate of drug-likeness (QED) is 0.314. The van der Waals surface area contributed by atoms with Gasteiger partial charge < -0.3 is 25.1 Å². The number of hydrogen-bond acceptors (Lipinski definition) is 4. The van der Waals surface area contributed by atoms with Gasteiger partial charge in [-0.1, -0.05) is 26.0 Å². The van der Waals surface area contributed by atoms with Crippen molar-refractivity contribution in [3.05, 3.63) is 89.4 Å². The van der Waals surface area contributed by atoms with Crippen LogP contribution in [0, 0.1) is 5.82 Å². The number of fused-ring (bicyclic) bond motifs is 1. The Labute approximate surface area is 208 Å². The Balaban J connectivity index is 1.40. The second-order valence-corrected chi connectivity index (χ2v) is 9.06. The molecular weight excluding hydrogens is 461 g/mol. The first-order valence-electron chi connectivity index (χ1n) is 11.4. The Bertz CT molecular complexity index is 1410. The van der Waals surface area contributed by atoms with Crippen molar-refractivity contribution in [3.63, 3.8) is 0 Å². The molecule has 8 heteroatoms. The van der Waals surface area contributed by atoms with Crippen molar-refractivity contribution >= 4 is 28.4 Å². The Kier molecular flexibility index (Phi) is 6.96. The van der Waals surface area contributed by atoms with Crippen LogP contribution in [0.5, 0.6) is 11.5 Å². The van der Waals surface area contributed by atoms with Crippen molar-refractivity contribution in [3.8, 4) is 11.5 Å². The normalized spacial score (nSPS) is 11.2. The molecule has 3 aromatic carbocycles. The van der Waals surface area contributed by atoms with Crippen molar-refractivity contribution in [2.75, 3.05) is 26.1 Å². The Morgan fingerprint density at radius 1 is 0.917 bits per heavy atom. The molecule has 4 rings (SSSR count). The predicted molar refractivity (Wildman–Crippen MR) is 138 cm³/mol. The van der Waals surface area contributed by atoms with Crippen molar-refractivity contribution in [2.45, 2.75) is 19.3 Å². The van der Waals surface area contributed by atoms with E-state index in [9.17, 15) is 14.0 Å². The average molecular weight is 490 g/mol. The number of methoxy groups -OCH3 is 2. The lowest BCUT2D eigenvalue weighted by Gasteiger charge is -2.26. The molecule has 1 aromatic heterocycles. The van der Waals surface area contributed by atoms with Crippen molar-refractivity contribution in [1.82, 2.24) is 10.3 Å². The van der Waals surface area contributed by atoms with Gasteiger partial charge in [0.2, 0.25) is 0 Å². The van der Waals surface area contributed by atoms with Gasteiger partial charge in [0.05, 0.1) is 19.8 Å². The molecule has 36 heavy (non-hydrogen) atoms. The third-order valence-corrected chi connectivity index (χ3v) is 6.15. The summed E-state index contributed by atoms with van der Waals surface area (Å²) in [6, 6.07) is 16.8. The molecule has 0 atom stereocenters. The van der Waals surface area contributed by atoms with E-state index in [1.54, 1.807) is 30.5 Å². The van der Waals surface area contributed by atoms with Gasteiger partial charge in [-0.25, -0.2) is 4.39 Å². The van der Waals surface area contributed by atoms with E-state index in [0.717, 1.165) is 5.56 Å². The van der Waals surface area contributed by atoms with Crippen LogP contribution in [0.3, 0.4) is 0 Å². The molecule has 3 N–H and O–H groups in total. The maximum absolute atomic E-state index is 13.4. The molecule has 0 saturated heterocycles. The zero-order valence-electron chi connectivity index (χ0n) is 20.6. The van der Waals surface area contributed by atoms with E-state index in [0.29, 0.717) is 45.8 Å². The molecule has 0 unspecified atom stereocenters. The highest BCUT2D eigenvalue weighted by Gasteiger charge is 2.23. The molecule has 0 fully saturated rings. The maximum Gasteiger partial charge on any atom is 0.255 e. The molecule has 0 aliphatic heterocycles. The summed E-state index contributed by atoms with van der Waals surface area (Å²) in [4.78, 5) is 28.4. The smallest absolute Gasteiger partial charge is 0.255 e. The molecule has 2 amide bonds. The third-order valence-electron chi connectivity index (χ3n) is 6.15. The molecule has 0 spiro atoms. The molecule has 0 radical (unpaired) electrons. The summed E-state index contributed by atoms with van der Waals surface area (Å²) in [5.74, 6) is 0.157. The minimum atomic E-state index is -0.375. The summed E-state index contributed by atoms with van der Waals surface area (Å²) < 4.78 is 23.9. The number of aromatic amines is 1. The molecule has 0 bridgehead atoms. The molecule has 0 saturated carbocycles. The fraction of sp³-hybridized carbons (Fsp3) is 0.214. The molecule has 186 valence electrons. The fourth-order valence-corrected chi connectivity index (χ4v) is 3.97. The summed E-state index contributed by atoms with van der Waals surface area (Å²) >= 11 is 0.